The molecule has 2 aromatic carbocycles. The first-order valence-corrected chi connectivity index (χ1v) is 11.2. The second kappa shape index (κ2) is 11.7. The lowest BCUT2D eigenvalue weighted by Crippen LogP contribution is -2.19. The van der Waals surface area contributed by atoms with Gasteiger partial charge in [0.25, 0.3) is 0 Å². The molecule has 0 aliphatic carbocycles. The minimum Gasteiger partial charge on any atom is -0.458 e. The molecule has 3 rings (SSSR count). The van der Waals surface area contributed by atoms with Gasteiger partial charge in [-0.1, -0.05) is 58.2 Å². The molecule has 0 atom stereocenters. The highest BCUT2D eigenvalue weighted by Gasteiger charge is 2.20. The maximum absolute atomic E-state index is 11.2. The number of nitrogens with one attached hydrogen (secondary N) is 2. The van der Waals surface area contributed by atoms with E-state index < -0.39 is 11.9 Å². The lowest BCUT2D eigenvalue weighted by Gasteiger charge is -2.18. The van der Waals surface area contributed by atoms with Crippen LogP contribution in [-0.4, -0.2) is 26.9 Å². The number of ether oxygens (including phenoxy) is 2. The summed E-state index contributed by atoms with van der Waals surface area (Å²) in [7, 11) is 0. The van der Waals surface area contributed by atoms with Crippen LogP contribution in [0.25, 0.3) is 0 Å². The number of nitrogens with zero attached hydrogens (tertiary/aromatic N) is 3. The molecule has 3 aromatic rings. The molecule has 0 saturated heterocycles. The Hall–Kier alpha value is -4.53. The van der Waals surface area contributed by atoms with Crippen LogP contribution >= 0.6 is 0 Å². The molecule has 0 amide bonds. The highest BCUT2D eigenvalue weighted by Crippen LogP contribution is 2.24. The Balaban J connectivity index is 1.74. The maximum Gasteiger partial charge on any atom is 0.330 e. The normalized spacial score (nSPS) is 10.8. The van der Waals surface area contributed by atoms with Gasteiger partial charge in [-0.15, -0.1) is 0 Å². The van der Waals surface area contributed by atoms with E-state index in [4.69, 9.17) is 9.47 Å². The zero-order chi connectivity index (χ0) is 26.1. The number of hydrogen-bond acceptors (Lipinski definition) is 9. The van der Waals surface area contributed by atoms with Gasteiger partial charge in [0.1, 0.15) is 19.0 Å². The number of benzene rings is 2. The Kier molecular flexibility index (Phi) is 8.51. The van der Waals surface area contributed by atoms with Crippen LogP contribution < -0.4 is 10.6 Å². The van der Waals surface area contributed by atoms with Crippen molar-refractivity contribution in [3.63, 3.8) is 0 Å². The molecule has 1 aromatic heterocycles. The molecule has 0 spiro atoms. The van der Waals surface area contributed by atoms with E-state index in [1.165, 1.54) is 0 Å². The molecular weight excluding hydrogens is 458 g/mol. The quantitative estimate of drug-likeness (QED) is 0.297. The molecule has 9 heteroatoms. The fraction of sp³-hybridized carbons (Fsp3) is 0.222. The van der Waals surface area contributed by atoms with Gasteiger partial charge in [-0.05, 0) is 35.4 Å². The molecule has 0 aliphatic rings. The summed E-state index contributed by atoms with van der Waals surface area (Å²) in [6, 6.07) is 14.8. The number of hydrogen-bond donors (Lipinski definition) is 2. The van der Waals surface area contributed by atoms with Gasteiger partial charge in [0.15, 0.2) is 0 Å². The number of aromatic nitrogens is 3. The van der Waals surface area contributed by atoms with Crippen molar-refractivity contribution in [3.05, 3.63) is 90.8 Å². The molecule has 0 aliphatic heterocycles. The SMILES string of the molecule is C=CC(=O)OCc1ccc(Nc2nc(Nc3ccc(COC(=O)C=C)cc3)nc(C(C)(C)C)n2)cc1. The lowest BCUT2D eigenvalue weighted by atomic mass is 9.96. The van der Waals surface area contributed by atoms with Crippen molar-refractivity contribution in [2.45, 2.75) is 39.4 Å². The second-order valence-corrected chi connectivity index (χ2v) is 8.82. The molecule has 0 radical (unpaired) electrons. The van der Waals surface area contributed by atoms with E-state index in [1.807, 2.05) is 69.3 Å². The number of esters is 2. The Labute approximate surface area is 210 Å². The van der Waals surface area contributed by atoms with E-state index in [-0.39, 0.29) is 18.6 Å². The highest BCUT2D eigenvalue weighted by atomic mass is 16.5. The van der Waals surface area contributed by atoms with Crippen molar-refractivity contribution in [1.82, 2.24) is 15.0 Å². The number of rotatable bonds is 10. The zero-order valence-electron chi connectivity index (χ0n) is 20.6. The van der Waals surface area contributed by atoms with Gasteiger partial charge >= 0.3 is 11.9 Å². The number of carbonyl (C=O) groups excluding carboxylic acids is 2. The van der Waals surface area contributed by atoms with E-state index >= 15 is 0 Å². The van der Waals surface area contributed by atoms with Crippen molar-refractivity contribution in [1.29, 1.82) is 0 Å². The van der Waals surface area contributed by atoms with Gasteiger partial charge in [0.2, 0.25) is 11.9 Å². The fourth-order valence-corrected chi connectivity index (χ4v) is 2.88. The molecule has 186 valence electrons. The molecule has 0 bridgehead atoms. The first-order valence-electron chi connectivity index (χ1n) is 11.2. The van der Waals surface area contributed by atoms with E-state index in [9.17, 15) is 9.59 Å². The third kappa shape index (κ3) is 7.76. The topological polar surface area (TPSA) is 115 Å². The van der Waals surface area contributed by atoms with Crippen molar-refractivity contribution in [3.8, 4) is 0 Å². The van der Waals surface area contributed by atoms with E-state index in [1.54, 1.807) is 0 Å². The van der Waals surface area contributed by atoms with Gasteiger partial charge in [-0.3, -0.25) is 0 Å². The minimum absolute atomic E-state index is 0.161. The van der Waals surface area contributed by atoms with E-state index in [2.05, 4.69) is 38.7 Å². The highest BCUT2D eigenvalue weighted by molar-refractivity contribution is 5.81. The Morgan fingerprint density at radius 3 is 1.47 bits per heavy atom. The second-order valence-electron chi connectivity index (χ2n) is 8.82. The molecular formula is C27H29N5O4. The molecule has 0 fully saturated rings. The first-order chi connectivity index (χ1) is 17.2. The third-order valence-corrected chi connectivity index (χ3v) is 4.82. The van der Waals surface area contributed by atoms with Crippen molar-refractivity contribution in [2.24, 2.45) is 0 Å². The van der Waals surface area contributed by atoms with Gasteiger partial charge in [0.05, 0.1) is 0 Å². The zero-order valence-corrected chi connectivity index (χ0v) is 20.6. The average Bonchev–Trinajstić information content (AvgIpc) is 2.86. The van der Waals surface area contributed by atoms with Crippen LogP contribution in [0.5, 0.6) is 0 Å². The average molecular weight is 488 g/mol. The first kappa shape index (κ1) is 26.1. The molecule has 1 heterocycles. The summed E-state index contributed by atoms with van der Waals surface area (Å²) in [4.78, 5) is 36.2. The maximum atomic E-state index is 11.2. The molecule has 9 nitrogen and oxygen atoms in total. The summed E-state index contributed by atoms with van der Waals surface area (Å²) in [6.07, 6.45) is 2.26. The predicted molar refractivity (Wildman–Crippen MR) is 138 cm³/mol. The Morgan fingerprint density at radius 1 is 0.750 bits per heavy atom. The summed E-state index contributed by atoms with van der Waals surface area (Å²) in [6.45, 7) is 13.2. The van der Waals surface area contributed by atoms with Crippen LogP contribution in [0.3, 0.4) is 0 Å². The van der Waals surface area contributed by atoms with Crippen LogP contribution in [0.2, 0.25) is 0 Å². The molecule has 36 heavy (non-hydrogen) atoms. The Bertz CT molecular complexity index is 1140. The largest absolute Gasteiger partial charge is 0.458 e. The minimum atomic E-state index is -0.470. The van der Waals surface area contributed by atoms with Crippen LogP contribution in [0.4, 0.5) is 23.3 Å². The smallest absolute Gasteiger partial charge is 0.330 e. The number of carbonyl (C=O) groups is 2. The van der Waals surface area contributed by atoms with Gasteiger partial charge < -0.3 is 20.1 Å². The van der Waals surface area contributed by atoms with Crippen LogP contribution in [0.1, 0.15) is 37.7 Å². The van der Waals surface area contributed by atoms with Gasteiger partial charge in [-0.2, -0.15) is 15.0 Å². The number of anilines is 4. The Morgan fingerprint density at radius 2 is 1.14 bits per heavy atom. The van der Waals surface area contributed by atoms with Gasteiger partial charge in [0, 0.05) is 28.9 Å². The fourth-order valence-electron chi connectivity index (χ4n) is 2.88. The van der Waals surface area contributed by atoms with Crippen molar-refractivity contribution < 1.29 is 19.1 Å². The molecule has 0 unspecified atom stereocenters. The van der Waals surface area contributed by atoms with E-state index in [0.29, 0.717) is 17.7 Å². The summed E-state index contributed by atoms with van der Waals surface area (Å²) in [5, 5.41) is 6.41. The standard InChI is InChI=1S/C27H29N5O4/c1-6-22(33)35-16-18-8-12-20(13-9-18)28-25-30-24(27(3,4)5)31-26(32-25)29-21-14-10-19(11-15-21)17-36-23(34)7-2/h6-15H,1-2,16-17H2,3-5H3,(H2,28,29,30,31,32). The molecule has 0 saturated carbocycles. The predicted octanol–water partition coefficient (Wildman–Crippen LogP) is 5.11. The van der Waals surface area contributed by atoms with Crippen molar-refractivity contribution >= 4 is 35.2 Å². The molecule has 2 N–H and O–H groups in total. The van der Waals surface area contributed by atoms with Crippen molar-refractivity contribution in [2.75, 3.05) is 10.6 Å². The van der Waals surface area contributed by atoms with Crippen LogP contribution in [0, 0.1) is 0 Å². The van der Waals surface area contributed by atoms with Crippen LogP contribution in [0.15, 0.2) is 73.8 Å². The van der Waals surface area contributed by atoms with Crippen LogP contribution in [-0.2, 0) is 37.7 Å². The summed E-state index contributed by atoms with van der Waals surface area (Å²) in [5.74, 6) is 0.446. The van der Waals surface area contributed by atoms with Gasteiger partial charge in [-0.25, -0.2) is 9.59 Å². The monoisotopic (exact) mass is 487 g/mol. The third-order valence-electron chi connectivity index (χ3n) is 4.82. The summed E-state index contributed by atoms with van der Waals surface area (Å²) in [5.41, 5.74) is 2.90. The summed E-state index contributed by atoms with van der Waals surface area (Å²) < 4.78 is 10.1. The van der Waals surface area contributed by atoms with E-state index in [0.717, 1.165) is 34.7 Å². The summed E-state index contributed by atoms with van der Waals surface area (Å²) >= 11 is 0. The lowest BCUT2D eigenvalue weighted by molar-refractivity contribution is -0.139.